The van der Waals surface area contributed by atoms with Crippen molar-refractivity contribution in [1.29, 1.82) is 0 Å². The standard InChI is InChI=1S/C17H23FN2O4/c1-17(2,3)24-16(23)20-10-13(21)9-14(20)15(22)19(4)12-7-5-11(18)6-8-12/h5-8,13-14,21H,9-10H2,1-4H3/t13-,14?/m0/s1. The van der Waals surface area contributed by atoms with Gasteiger partial charge in [-0.15, -0.1) is 0 Å². The van der Waals surface area contributed by atoms with Crippen LogP contribution in [0, 0.1) is 5.82 Å². The maximum atomic E-state index is 13.0. The van der Waals surface area contributed by atoms with Crippen LogP contribution < -0.4 is 4.90 Å². The molecular weight excluding hydrogens is 315 g/mol. The van der Waals surface area contributed by atoms with Gasteiger partial charge in [0.25, 0.3) is 0 Å². The minimum Gasteiger partial charge on any atom is -0.444 e. The number of β-amino-alcohol motifs (C(OH)–C–C–N with tert-alkyl or cyclic N) is 1. The molecule has 2 rings (SSSR count). The number of carbonyl (C=O) groups is 2. The summed E-state index contributed by atoms with van der Waals surface area (Å²) in [6.45, 7) is 5.25. The predicted octanol–water partition coefficient (Wildman–Crippen LogP) is 2.16. The fourth-order valence-electron chi connectivity index (χ4n) is 2.59. The number of likely N-dealkylation sites (N-methyl/N-ethyl adjacent to an activating group) is 1. The summed E-state index contributed by atoms with van der Waals surface area (Å²) in [4.78, 5) is 27.6. The fraction of sp³-hybridized carbons (Fsp3) is 0.529. The maximum Gasteiger partial charge on any atom is 0.411 e. The molecule has 0 spiro atoms. The van der Waals surface area contributed by atoms with Crippen molar-refractivity contribution in [3.8, 4) is 0 Å². The van der Waals surface area contributed by atoms with Gasteiger partial charge in [0.2, 0.25) is 5.91 Å². The number of carbonyl (C=O) groups excluding carboxylic acids is 2. The van der Waals surface area contributed by atoms with E-state index in [1.807, 2.05) is 0 Å². The number of aliphatic hydroxyl groups is 1. The Morgan fingerprint density at radius 1 is 1.29 bits per heavy atom. The van der Waals surface area contributed by atoms with Crippen LogP contribution in [0.2, 0.25) is 0 Å². The number of nitrogens with zero attached hydrogens (tertiary/aromatic N) is 2. The molecular formula is C17H23FN2O4. The minimum absolute atomic E-state index is 0.0442. The van der Waals surface area contributed by atoms with Crippen LogP contribution in [0.15, 0.2) is 24.3 Å². The van der Waals surface area contributed by atoms with Gasteiger partial charge in [0.1, 0.15) is 17.5 Å². The second-order valence-electron chi connectivity index (χ2n) is 6.91. The van der Waals surface area contributed by atoms with E-state index in [0.29, 0.717) is 5.69 Å². The lowest BCUT2D eigenvalue weighted by Crippen LogP contribution is -2.48. The maximum absolute atomic E-state index is 13.0. The van der Waals surface area contributed by atoms with Crippen LogP contribution in [-0.2, 0) is 9.53 Å². The second-order valence-corrected chi connectivity index (χ2v) is 6.91. The molecule has 1 aromatic carbocycles. The van der Waals surface area contributed by atoms with Crippen molar-refractivity contribution in [1.82, 2.24) is 4.90 Å². The van der Waals surface area contributed by atoms with Crippen LogP contribution in [-0.4, -0.2) is 53.3 Å². The highest BCUT2D eigenvalue weighted by molar-refractivity contribution is 5.98. The molecule has 1 unspecified atom stereocenters. The van der Waals surface area contributed by atoms with Gasteiger partial charge in [-0.2, -0.15) is 0 Å². The summed E-state index contributed by atoms with van der Waals surface area (Å²) < 4.78 is 18.3. The lowest BCUT2D eigenvalue weighted by atomic mass is 10.1. The van der Waals surface area contributed by atoms with Crippen LogP contribution in [0.25, 0.3) is 0 Å². The fourth-order valence-corrected chi connectivity index (χ4v) is 2.59. The number of halogens is 1. The number of hydrogen-bond acceptors (Lipinski definition) is 4. The number of ether oxygens (including phenoxy) is 1. The van der Waals surface area contributed by atoms with Crippen LogP contribution >= 0.6 is 0 Å². The van der Waals surface area contributed by atoms with Crippen molar-refractivity contribution in [2.75, 3.05) is 18.5 Å². The molecule has 1 aliphatic heterocycles. The van der Waals surface area contributed by atoms with E-state index in [-0.39, 0.29) is 18.9 Å². The highest BCUT2D eigenvalue weighted by Crippen LogP contribution is 2.24. The molecule has 2 atom stereocenters. The van der Waals surface area contributed by atoms with Gasteiger partial charge in [0, 0.05) is 19.2 Å². The Hall–Kier alpha value is -2.15. The molecule has 2 amide bonds. The van der Waals surface area contributed by atoms with Crippen molar-refractivity contribution in [3.63, 3.8) is 0 Å². The second kappa shape index (κ2) is 6.76. The molecule has 0 radical (unpaired) electrons. The van der Waals surface area contributed by atoms with E-state index in [1.165, 1.54) is 34.1 Å². The monoisotopic (exact) mass is 338 g/mol. The highest BCUT2D eigenvalue weighted by atomic mass is 19.1. The number of rotatable bonds is 2. The van der Waals surface area contributed by atoms with E-state index in [4.69, 9.17) is 4.74 Å². The average Bonchev–Trinajstić information content (AvgIpc) is 2.87. The molecule has 1 aliphatic rings. The quantitative estimate of drug-likeness (QED) is 0.897. The summed E-state index contributed by atoms with van der Waals surface area (Å²) in [5, 5.41) is 9.89. The topological polar surface area (TPSA) is 70.1 Å². The van der Waals surface area contributed by atoms with Gasteiger partial charge >= 0.3 is 6.09 Å². The first-order valence-corrected chi connectivity index (χ1v) is 7.79. The van der Waals surface area contributed by atoms with Gasteiger partial charge in [0.05, 0.1) is 12.6 Å². The lowest BCUT2D eigenvalue weighted by Gasteiger charge is -2.30. The third-order valence-electron chi connectivity index (χ3n) is 3.74. The third kappa shape index (κ3) is 4.23. The normalized spacial score (nSPS) is 20.8. The summed E-state index contributed by atoms with van der Waals surface area (Å²) in [6.07, 6.45) is -1.28. The molecule has 6 nitrogen and oxygen atoms in total. The Morgan fingerprint density at radius 3 is 2.42 bits per heavy atom. The van der Waals surface area contributed by atoms with Gasteiger partial charge < -0.3 is 14.7 Å². The summed E-state index contributed by atoms with van der Waals surface area (Å²) in [7, 11) is 1.55. The zero-order valence-electron chi connectivity index (χ0n) is 14.3. The Labute approximate surface area is 140 Å². The van der Waals surface area contributed by atoms with Crippen LogP contribution in [0.3, 0.4) is 0 Å². The summed E-state index contributed by atoms with van der Waals surface area (Å²) in [5.41, 5.74) is -0.187. The summed E-state index contributed by atoms with van der Waals surface area (Å²) >= 11 is 0. The molecule has 0 saturated carbocycles. The molecule has 1 fully saturated rings. The number of aliphatic hydroxyl groups excluding tert-OH is 1. The predicted molar refractivity (Wildman–Crippen MR) is 87.2 cm³/mol. The lowest BCUT2D eigenvalue weighted by molar-refractivity contribution is -0.122. The van der Waals surface area contributed by atoms with E-state index in [2.05, 4.69) is 0 Å². The number of anilines is 1. The molecule has 0 bridgehead atoms. The van der Waals surface area contributed by atoms with Crippen LogP contribution in [0.5, 0.6) is 0 Å². The molecule has 1 saturated heterocycles. The number of hydrogen-bond donors (Lipinski definition) is 1. The Morgan fingerprint density at radius 2 is 1.88 bits per heavy atom. The number of benzene rings is 1. The zero-order chi connectivity index (χ0) is 18.1. The van der Waals surface area contributed by atoms with E-state index < -0.39 is 29.7 Å². The zero-order valence-corrected chi connectivity index (χ0v) is 14.3. The van der Waals surface area contributed by atoms with Crippen LogP contribution in [0.1, 0.15) is 27.2 Å². The summed E-state index contributed by atoms with van der Waals surface area (Å²) in [6, 6.07) is 4.67. The first kappa shape index (κ1) is 18.2. The van der Waals surface area contributed by atoms with Gasteiger partial charge in [-0.3, -0.25) is 9.69 Å². The first-order chi connectivity index (χ1) is 11.1. The average molecular weight is 338 g/mol. The molecule has 7 heteroatoms. The molecule has 132 valence electrons. The Bertz CT molecular complexity index is 612. The van der Waals surface area contributed by atoms with Gasteiger partial charge in [-0.25, -0.2) is 9.18 Å². The largest absolute Gasteiger partial charge is 0.444 e. The first-order valence-electron chi connectivity index (χ1n) is 7.79. The Kier molecular flexibility index (Phi) is 5.13. The molecule has 0 aromatic heterocycles. The highest BCUT2D eigenvalue weighted by Gasteiger charge is 2.42. The molecule has 1 N–H and O–H groups in total. The van der Waals surface area contributed by atoms with Crippen molar-refractivity contribution in [2.24, 2.45) is 0 Å². The molecule has 1 heterocycles. The number of likely N-dealkylation sites (tertiary alicyclic amines) is 1. The van der Waals surface area contributed by atoms with Gasteiger partial charge in [-0.1, -0.05) is 0 Å². The van der Waals surface area contributed by atoms with Gasteiger partial charge in [-0.05, 0) is 45.0 Å². The number of amides is 2. The Balaban J connectivity index is 2.16. The van der Waals surface area contributed by atoms with Crippen molar-refractivity contribution in [2.45, 2.75) is 44.9 Å². The van der Waals surface area contributed by atoms with E-state index in [9.17, 15) is 19.1 Å². The smallest absolute Gasteiger partial charge is 0.411 e. The van der Waals surface area contributed by atoms with Crippen molar-refractivity contribution < 1.29 is 23.8 Å². The SMILES string of the molecule is CN(C(=O)C1C[C@H](O)CN1C(=O)OC(C)(C)C)c1ccc(F)cc1. The molecule has 0 aliphatic carbocycles. The van der Waals surface area contributed by atoms with Crippen LogP contribution in [0.4, 0.5) is 14.9 Å². The van der Waals surface area contributed by atoms with E-state index in [0.717, 1.165) is 0 Å². The molecule has 24 heavy (non-hydrogen) atoms. The summed E-state index contributed by atoms with van der Waals surface area (Å²) in [5.74, 6) is -0.754. The minimum atomic E-state index is -0.815. The van der Waals surface area contributed by atoms with Gasteiger partial charge in [0.15, 0.2) is 0 Å². The van der Waals surface area contributed by atoms with E-state index in [1.54, 1.807) is 27.8 Å². The third-order valence-corrected chi connectivity index (χ3v) is 3.74. The van der Waals surface area contributed by atoms with E-state index >= 15 is 0 Å². The van der Waals surface area contributed by atoms with Crippen molar-refractivity contribution >= 4 is 17.7 Å². The van der Waals surface area contributed by atoms with Crippen molar-refractivity contribution in [3.05, 3.63) is 30.1 Å². The molecule has 1 aromatic rings.